The summed E-state index contributed by atoms with van der Waals surface area (Å²) in [5, 5.41) is 1.88. The number of hydrogen-bond acceptors (Lipinski definition) is 1. The summed E-state index contributed by atoms with van der Waals surface area (Å²) in [6.45, 7) is 0. The van der Waals surface area contributed by atoms with Gasteiger partial charge in [0, 0.05) is 11.1 Å². The number of benzene rings is 2. The molecule has 0 radical (unpaired) electrons. The van der Waals surface area contributed by atoms with Crippen LogP contribution in [-0.2, 0) is 0 Å². The molecule has 0 saturated carbocycles. The minimum atomic E-state index is 0.425. The molecule has 0 aromatic heterocycles. The van der Waals surface area contributed by atoms with Crippen LogP contribution in [-0.4, -0.2) is 0 Å². The van der Waals surface area contributed by atoms with Crippen molar-refractivity contribution in [2.45, 2.75) is 0 Å². The van der Waals surface area contributed by atoms with E-state index in [-0.39, 0.29) is 0 Å². The SMILES string of the molecule is Clc1ccc(Oc2ccc(Cl)c(Cl)c2)c(Cl)c1. The number of hydrogen-bond donors (Lipinski definition) is 0. The van der Waals surface area contributed by atoms with Gasteiger partial charge in [0.15, 0.2) is 0 Å². The lowest BCUT2D eigenvalue weighted by Gasteiger charge is -2.08. The molecule has 0 amide bonds. The molecule has 0 spiro atoms. The van der Waals surface area contributed by atoms with E-state index in [2.05, 4.69) is 0 Å². The molecule has 88 valence electrons. The topological polar surface area (TPSA) is 9.23 Å². The number of ether oxygens (including phenoxy) is 1. The zero-order valence-electron chi connectivity index (χ0n) is 8.38. The van der Waals surface area contributed by atoms with Gasteiger partial charge in [-0.1, -0.05) is 46.4 Å². The van der Waals surface area contributed by atoms with Gasteiger partial charge in [0.25, 0.3) is 0 Å². The quantitative estimate of drug-likeness (QED) is 0.652. The molecule has 0 N–H and O–H groups in total. The van der Waals surface area contributed by atoms with Crippen molar-refractivity contribution in [3.05, 3.63) is 56.5 Å². The first-order valence-electron chi connectivity index (χ1n) is 4.64. The van der Waals surface area contributed by atoms with E-state index in [1.165, 1.54) is 0 Å². The van der Waals surface area contributed by atoms with E-state index in [1.807, 2.05) is 0 Å². The zero-order chi connectivity index (χ0) is 12.4. The average molecular weight is 308 g/mol. The van der Waals surface area contributed by atoms with Gasteiger partial charge in [-0.25, -0.2) is 0 Å². The van der Waals surface area contributed by atoms with Crippen molar-refractivity contribution >= 4 is 46.4 Å². The van der Waals surface area contributed by atoms with Crippen molar-refractivity contribution < 1.29 is 4.74 Å². The summed E-state index contributed by atoms with van der Waals surface area (Å²) in [7, 11) is 0. The van der Waals surface area contributed by atoms with Crippen LogP contribution in [0.5, 0.6) is 11.5 Å². The lowest BCUT2D eigenvalue weighted by molar-refractivity contribution is 0.483. The molecule has 0 unspecified atom stereocenters. The fraction of sp³-hybridized carbons (Fsp3) is 0. The molecule has 0 aliphatic carbocycles. The molecular formula is C12H6Cl4O. The van der Waals surface area contributed by atoms with E-state index < -0.39 is 0 Å². The van der Waals surface area contributed by atoms with Crippen LogP contribution >= 0.6 is 46.4 Å². The third-order valence-corrected chi connectivity index (χ3v) is 3.28. The van der Waals surface area contributed by atoms with Crippen LogP contribution in [0.25, 0.3) is 0 Å². The highest BCUT2D eigenvalue weighted by atomic mass is 35.5. The maximum absolute atomic E-state index is 5.98. The lowest BCUT2D eigenvalue weighted by Crippen LogP contribution is -1.85. The van der Waals surface area contributed by atoms with Crippen molar-refractivity contribution in [1.82, 2.24) is 0 Å². The van der Waals surface area contributed by atoms with Crippen LogP contribution in [0.3, 0.4) is 0 Å². The Hall–Kier alpha value is -0.600. The van der Waals surface area contributed by atoms with Crippen LogP contribution in [0.1, 0.15) is 0 Å². The van der Waals surface area contributed by atoms with E-state index in [4.69, 9.17) is 51.1 Å². The van der Waals surface area contributed by atoms with Gasteiger partial charge in [0.1, 0.15) is 11.5 Å². The third-order valence-electron chi connectivity index (χ3n) is 2.01. The average Bonchev–Trinajstić information content (AvgIpc) is 2.27. The van der Waals surface area contributed by atoms with Crippen molar-refractivity contribution in [2.75, 3.05) is 0 Å². The Bertz CT molecular complexity index is 554. The van der Waals surface area contributed by atoms with E-state index in [0.717, 1.165) is 0 Å². The van der Waals surface area contributed by atoms with Gasteiger partial charge in [-0.2, -0.15) is 0 Å². The lowest BCUT2D eigenvalue weighted by atomic mass is 10.3. The summed E-state index contributed by atoms with van der Waals surface area (Å²) >= 11 is 23.5. The number of halogens is 4. The van der Waals surface area contributed by atoms with E-state index >= 15 is 0 Å². The molecule has 0 fully saturated rings. The fourth-order valence-electron chi connectivity index (χ4n) is 1.23. The molecule has 2 aromatic rings. The molecule has 2 aromatic carbocycles. The second kappa shape index (κ2) is 5.36. The molecule has 0 saturated heterocycles. The highest BCUT2D eigenvalue weighted by Crippen LogP contribution is 2.34. The van der Waals surface area contributed by atoms with Crippen LogP contribution < -0.4 is 4.74 Å². The van der Waals surface area contributed by atoms with Crippen molar-refractivity contribution in [3.8, 4) is 11.5 Å². The predicted octanol–water partition coefficient (Wildman–Crippen LogP) is 6.09. The second-order valence-electron chi connectivity index (χ2n) is 3.25. The first-order chi connectivity index (χ1) is 8.06. The highest BCUT2D eigenvalue weighted by molar-refractivity contribution is 6.42. The van der Waals surface area contributed by atoms with Gasteiger partial charge in [-0.15, -0.1) is 0 Å². The minimum absolute atomic E-state index is 0.425. The molecule has 5 heteroatoms. The van der Waals surface area contributed by atoms with E-state index in [9.17, 15) is 0 Å². The Balaban J connectivity index is 2.28. The van der Waals surface area contributed by atoms with Crippen LogP contribution in [0.15, 0.2) is 36.4 Å². The third kappa shape index (κ3) is 3.20. The normalized spacial score (nSPS) is 10.4. The fourth-order valence-corrected chi connectivity index (χ4v) is 1.96. The molecule has 0 aliphatic heterocycles. The van der Waals surface area contributed by atoms with E-state index in [1.54, 1.807) is 36.4 Å². The molecule has 0 bridgehead atoms. The monoisotopic (exact) mass is 306 g/mol. The molecule has 0 aliphatic rings. The summed E-state index contributed by atoms with van der Waals surface area (Å²) in [5.41, 5.74) is 0. The van der Waals surface area contributed by atoms with Gasteiger partial charge in [-0.05, 0) is 30.3 Å². The molecule has 2 rings (SSSR count). The Labute approximate surface area is 119 Å². The Morgan fingerprint density at radius 3 is 2.12 bits per heavy atom. The molecule has 0 heterocycles. The van der Waals surface area contributed by atoms with Gasteiger partial charge < -0.3 is 4.74 Å². The zero-order valence-corrected chi connectivity index (χ0v) is 11.4. The van der Waals surface area contributed by atoms with E-state index in [0.29, 0.717) is 31.6 Å². The van der Waals surface area contributed by atoms with Crippen molar-refractivity contribution in [3.63, 3.8) is 0 Å². The summed E-state index contributed by atoms with van der Waals surface area (Å²) in [6.07, 6.45) is 0. The maximum atomic E-state index is 5.98. The summed E-state index contributed by atoms with van der Waals surface area (Å²) in [6, 6.07) is 9.97. The van der Waals surface area contributed by atoms with Crippen LogP contribution in [0.2, 0.25) is 20.1 Å². The minimum Gasteiger partial charge on any atom is -0.456 e. The first-order valence-corrected chi connectivity index (χ1v) is 6.15. The second-order valence-corrected chi connectivity index (χ2v) is 4.91. The molecule has 17 heavy (non-hydrogen) atoms. The predicted molar refractivity (Wildman–Crippen MR) is 73.0 cm³/mol. The summed E-state index contributed by atoms with van der Waals surface area (Å²) in [4.78, 5) is 0. The highest BCUT2D eigenvalue weighted by Gasteiger charge is 2.05. The number of rotatable bonds is 2. The molecular weight excluding hydrogens is 302 g/mol. The Kier molecular flexibility index (Phi) is 4.05. The van der Waals surface area contributed by atoms with Gasteiger partial charge in [0.2, 0.25) is 0 Å². The van der Waals surface area contributed by atoms with Crippen molar-refractivity contribution in [2.24, 2.45) is 0 Å². The molecule has 0 atom stereocenters. The maximum Gasteiger partial charge on any atom is 0.146 e. The largest absolute Gasteiger partial charge is 0.456 e. The van der Waals surface area contributed by atoms with Gasteiger partial charge in [0.05, 0.1) is 15.1 Å². The van der Waals surface area contributed by atoms with Crippen LogP contribution in [0.4, 0.5) is 0 Å². The summed E-state index contributed by atoms with van der Waals surface area (Å²) in [5.74, 6) is 1.07. The van der Waals surface area contributed by atoms with Gasteiger partial charge >= 0.3 is 0 Å². The molecule has 1 nitrogen and oxygen atoms in total. The standard InChI is InChI=1S/C12H6Cl4O/c13-7-1-4-12(11(16)5-7)17-8-2-3-9(14)10(15)6-8/h1-6H. The summed E-state index contributed by atoms with van der Waals surface area (Å²) < 4.78 is 5.57. The Morgan fingerprint density at radius 2 is 1.47 bits per heavy atom. The van der Waals surface area contributed by atoms with Crippen molar-refractivity contribution in [1.29, 1.82) is 0 Å². The first kappa shape index (κ1) is 12.8. The van der Waals surface area contributed by atoms with Crippen LogP contribution in [0, 0.1) is 0 Å². The van der Waals surface area contributed by atoms with Gasteiger partial charge in [-0.3, -0.25) is 0 Å². The smallest absolute Gasteiger partial charge is 0.146 e. The Morgan fingerprint density at radius 1 is 0.706 bits per heavy atom.